The Bertz CT molecular complexity index is 946. The minimum atomic E-state index is -0.799. The number of esters is 1. The van der Waals surface area contributed by atoms with Gasteiger partial charge >= 0.3 is 5.97 Å². The van der Waals surface area contributed by atoms with Crippen molar-refractivity contribution < 1.29 is 19.2 Å². The Balaban J connectivity index is 1.74. The number of hydrogen-bond donors (Lipinski definition) is 0. The number of rotatable bonds is 6. The van der Waals surface area contributed by atoms with E-state index in [-0.39, 0.29) is 21.8 Å². The minimum Gasteiger partial charge on any atom is -0.454 e. The molecule has 0 unspecified atom stereocenters. The number of benzene rings is 2. The lowest BCUT2D eigenvalue weighted by Gasteiger charge is -2.32. The zero-order valence-corrected chi connectivity index (χ0v) is 16.7. The van der Waals surface area contributed by atoms with Crippen LogP contribution < -0.4 is 4.90 Å². The molecule has 1 aliphatic rings. The lowest BCUT2D eigenvalue weighted by molar-refractivity contribution is -0.384. The molecule has 0 amide bonds. The van der Waals surface area contributed by atoms with Gasteiger partial charge in [0.15, 0.2) is 6.61 Å². The average molecular weight is 417 g/mol. The Labute approximate surface area is 173 Å². The molecule has 2 aromatic carbocycles. The largest absolute Gasteiger partial charge is 0.454 e. The van der Waals surface area contributed by atoms with Crippen LogP contribution in [0.1, 0.15) is 40.5 Å². The van der Waals surface area contributed by atoms with E-state index in [1.54, 1.807) is 24.3 Å². The van der Waals surface area contributed by atoms with Crippen molar-refractivity contribution >= 4 is 34.7 Å². The highest BCUT2D eigenvalue weighted by atomic mass is 35.5. The zero-order valence-electron chi connectivity index (χ0n) is 16.0. The van der Waals surface area contributed by atoms with Crippen molar-refractivity contribution in [3.05, 3.63) is 68.7 Å². The summed E-state index contributed by atoms with van der Waals surface area (Å²) in [4.78, 5) is 37.6. The monoisotopic (exact) mass is 416 g/mol. The number of carbonyl (C=O) groups excluding carboxylic acids is 2. The number of hydrogen-bond acceptors (Lipinski definition) is 6. The first kappa shape index (κ1) is 20.8. The van der Waals surface area contributed by atoms with Gasteiger partial charge in [-0.1, -0.05) is 30.7 Å². The highest BCUT2D eigenvalue weighted by Gasteiger charge is 2.25. The second-order valence-corrected chi connectivity index (χ2v) is 7.54. The van der Waals surface area contributed by atoms with Crippen molar-refractivity contribution in [1.82, 2.24) is 0 Å². The summed E-state index contributed by atoms with van der Waals surface area (Å²) >= 11 is 5.97. The maximum Gasteiger partial charge on any atom is 0.338 e. The third kappa shape index (κ3) is 4.92. The molecule has 1 atom stereocenters. The summed E-state index contributed by atoms with van der Waals surface area (Å²) in [5, 5.41) is 11.8. The first-order chi connectivity index (χ1) is 13.9. The average Bonchev–Trinajstić information content (AvgIpc) is 2.71. The standard InChI is InChI=1S/C21H21ClN2O5/c1-14-5-4-10-23(12-14)18-9-8-15(11-19(18)24(27)28)21(26)29-13-20(25)16-6-2-3-7-17(16)22/h2-3,6-9,11,14H,4-5,10,12-13H2,1H3/t14-/m1/s1. The molecule has 1 fully saturated rings. The summed E-state index contributed by atoms with van der Waals surface area (Å²) in [6, 6.07) is 10.7. The predicted molar refractivity (Wildman–Crippen MR) is 110 cm³/mol. The third-order valence-corrected chi connectivity index (χ3v) is 5.24. The number of anilines is 1. The van der Waals surface area contributed by atoms with Crippen LogP contribution in [0.2, 0.25) is 5.02 Å². The molecule has 0 spiro atoms. The van der Waals surface area contributed by atoms with Crippen molar-refractivity contribution in [2.45, 2.75) is 19.8 Å². The fraction of sp³-hybridized carbons (Fsp3) is 0.333. The number of piperidine rings is 1. The molecule has 0 radical (unpaired) electrons. The Hall–Kier alpha value is -2.93. The van der Waals surface area contributed by atoms with Crippen molar-refractivity contribution in [2.75, 3.05) is 24.6 Å². The molecule has 0 bridgehead atoms. The maximum atomic E-state index is 12.3. The molecule has 0 aliphatic carbocycles. The van der Waals surface area contributed by atoms with Gasteiger partial charge in [-0.15, -0.1) is 0 Å². The molecule has 0 saturated carbocycles. The second-order valence-electron chi connectivity index (χ2n) is 7.13. The molecule has 0 aromatic heterocycles. The van der Waals surface area contributed by atoms with E-state index in [0.29, 0.717) is 11.6 Å². The number of ketones is 1. The predicted octanol–water partition coefficient (Wildman–Crippen LogP) is 4.52. The fourth-order valence-corrected chi connectivity index (χ4v) is 3.69. The molecule has 1 saturated heterocycles. The zero-order chi connectivity index (χ0) is 21.0. The number of Topliss-reactive ketones (excluding diaryl/α,β-unsaturated/α-hetero) is 1. The van der Waals surface area contributed by atoms with Crippen molar-refractivity contribution in [3.8, 4) is 0 Å². The first-order valence-electron chi connectivity index (χ1n) is 9.35. The van der Waals surface area contributed by atoms with E-state index in [1.165, 1.54) is 18.2 Å². The highest BCUT2D eigenvalue weighted by Crippen LogP contribution is 2.32. The van der Waals surface area contributed by atoms with Gasteiger partial charge in [0.05, 0.1) is 15.5 Å². The van der Waals surface area contributed by atoms with Gasteiger partial charge in [-0.25, -0.2) is 4.79 Å². The highest BCUT2D eigenvalue weighted by molar-refractivity contribution is 6.34. The normalized spacial score (nSPS) is 16.3. The van der Waals surface area contributed by atoms with Gasteiger partial charge in [-0.05, 0) is 43.0 Å². The molecule has 152 valence electrons. The van der Waals surface area contributed by atoms with Crippen molar-refractivity contribution in [2.24, 2.45) is 5.92 Å². The molecule has 1 heterocycles. The number of nitrogens with zero attached hydrogens (tertiary/aromatic N) is 2. The van der Waals surface area contributed by atoms with Crippen LogP contribution >= 0.6 is 11.6 Å². The van der Waals surface area contributed by atoms with Gasteiger partial charge in [-0.3, -0.25) is 14.9 Å². The molecule has 0 N–H and O–H groups in total. The van der Waals surface area contributed by atoms with E-state index in [0.717, 1.165) is 25.9 Å². The first-order valence-corrected chi connectivity index (χ1v) is 9.73. The topological polar surface area (TPSA) is 89.8 Å². The molecule has 3 rings (SSSR count). The van der Waals surface area contributed by atoms with E-state index in [2.05, 4.69) is 6.92 Å². The Morgan fingerprint density at radius 1 is 1.28 bits per heavy atom. The van der Waals surface area contributed by atoms with Crippen molar-refractivity contribution in [1.29, 1.82) is 0 Å². The molecule has 7 nitrogen and oxygen atoms in total. The summed E-state index contributed by atoms with van der Waals surface area (Å²) in [7, 11) is 0. The summed E-state index contributed by atoms with van der Waals surface area (Å²) in [5.74, 6) is -0.798. The van der Waals surface area contributed by atoms with E-state index < -0.39 is 23.3 Å². The number of nitro benzene ring substituents is 1. The molecule has 8 heteroatoms. The Morgan fingerprint density at radius 3 is 2.72 bits per heavy atom. The number of nitro groups is 1. The van der Waals surface area contributed by atoms with Gasteiger partial charge in [0, 0.05) is 24.7 Å². The summed E-state index contributed by atoms with van der Waals surface area (Å²) < 4.78 is 5.05. The fourth-order valence-electron chi connectivity index (χ4n) is 3.45. The van der Waals surface area contributed by atoms with Gasteiger partial charge < -0.3 is 9.64 Å². The second kappa shape index (κ2) is 9.05. The van der Waals surface area contributed by atoms with Gasteiger partial charge in [-0.2, -0.15) is 0 Å². The number of halogens is 1. The summed E-state index contributed by atoms with van der Waals surface area (Å²) in [6.45, 7) is 3.08. The van der Waals surface area contributed by atoms with Crippen LogP contribution in [0.3, 0.4) is 0 Å². The molecular weight excluding hydrogens is 396 g/mol. The van der Waals surface area contributed by atoms with Gasteiger partial charge in [0.1, 0.15) is 5.69 Å². The maximum absolute atomic E-state index is 12.3. The SMILES string of the molecule is C[C@@H]1CCCN(c2ccc(C(=O)OCC(=O)c3ccccc3Cl)cc2[N+](=O)[O-])C1. The van der Waals surface area contributed by atoms with Crippen LogP contribution in [-0.4, -0.2) is 36.4 Å². The van der Waals surface area contributed by atoms with Crippen LogP contribution in [0.4, 0.5) is 11.4 Å². The van der Waals surface area contributed by atoms with Crippen LogP contribution in [-0.2, 0) is 4.74 Å². The van der Waals surface area contributed by atoms with Crippen LogP contribution in [0.25, 0.3) is 0 Å². The van der Waals surface area contributed by atoms with E-state index >= 15 is 0 Å². The number of ether oxygens (including phenoxy) is 1. The molecule has 1 aliphatic heterocycles. The third-order valence-electron chi connectivity index (χ3n) is 4.91. The Kier molecular flexibility index (Phi) is 6.49. The van der Waals surface area contributed by atoms with Gasteiger partial charge in [0.25, 0.3) is 5.69 Å². The number of carbonyl (C=O) groups is 2. The summed E-state index contributed by atoms with van der Waals surface area (Å²) in [6.07, 6.45) is 2.06. The smallest absolute Gasteiger partial charge is 0.338 e. The molecule has 2 aromatic rings. The lowest BCUT2D eigenvalue weighted by atomic mass is 9.99. The van der Waals surface area contributed by atoms with E-state index in [9.17, 15) is 19.7 Å². The Morgan fingerprint density at radius 2 is 2.03 bits per heavy atom. The molecular formula is C21H21ClN2O5. The minimum absolute atomic E-state index is 0.0254. The lowest BCUT2D eigenvalue weighted by Crippen LogP contribution is -2.34. The van der Waals surface area contributed by atoms with Gasteiger partial charge in [0.2, 0.25) is 5.78 Å². The van der Waals surface area contributed by atoms with Crippen LogP contribution in [0, 0.1) is 16.0 Å². The van der Waals surface area contributed by atoms with Crippen LogP contribution in [0.15, 0.2) is 42.5 Å². The quantitative estimate of drug-likeness (QED) is 0.297. The van der Waals surface area contributed by atoms with Crippen LogP contribution in [0.5, 0.6) is 0 Å². The van der Waals surface area contributed by atoms with E-state index in [4.69, 9.17) is 16.3 Å². The summed E-state index contributed by atoms with van der Waals surface area (Å²) in [5.41, 5.74) is 0.621. The van der Waals surface area contributed by atoms with E-state index in [1.807, 2.05) is 4.90 Å². The van der Waals surface area contributed by atoms with Crippen molar-refractivity contribution in [3.63, 3.8) is 0 Å². The molecule has 29 heavy (non-hydrogen) atoms.